The number of alkyl halides is 3. The molecule has 6 heteroatoms. The van der Waals surface area contributed by atoms with Crippen LogP contribution in [-0.4, -0.2) is 4.98 Å². The van der Waals surface area contributed by atoms with Crippen LogP contribution in [0.15, 0.2) is 42.6 Å². The van der Waals surface area contributed by atoms with Gasteiger partial charge in [0.2, 0.25) is 0 Å². The van der Waals surface area contributed by atoms with Gasteiger partial charge in [-0.25, -0.2) is 9.37 Å². The summed E-state index contributed by atoms with van der Waals surface area (Å²) < 4.78 is 51.0. The Kier molecular flexibility index (Phi) is 3.18. The first kappa shape index (κ1) is 12.3. The van der Waals surface area contributed by atoms with Crippen LogP contribution in [0.25, 0.3) is 0 Å². The van der Waals surface area contributed by atoms with Crippen LogP contribution in [0.1, 0.15) is 5.56 Å². The predicted molar refractivity (Wildman–Crippen MR) is 58.9 cm³/mol. The molecule has 0 amide bonds. The molecule has 1 aromatic carbocycles. The number of pyridine rings is 1. The van der Waals surface area contributed by atoms with E-state index in [2.05, 4.69) is 10.3 Å². The molecule has 94 valence electrons. The summed E-state index contributed by atoms with van der Waals surface area (Å²) >= 11 is 0. The number of benzene rings is 1. The van der Waals surface area contributed by atoms with Crippen LogP contribution in [0, 0.1) is 5.82 Å². The molecule has 0 aliphatic carbocycles. The molecule has 0 bridgehead atoms. The Balaban J connectivity index is 2.39. The molecular formula is C12H8F4N2. The molecule has 0 saturated heterocycles. The number of halogens is 4. The van der Waals surface area contributed by atoms with Crippen LogP contribution in [0.4, 0.5) is 29.1 Å². The fraction of sp³-hybridized carbons (Fsp3) is 0.0833. The van der Waals surface area contributed by atoms with Gasteiger partial charge in [0.25, 0.3) is 0 Å². The van der Waals surface area contributed by atoms with Crippen molar-refractivity contribution in [2.24, 2.45) is 0 Å². The molecule has 1 N–H and O–H groups in total. The number of nitrogens with zero attached hydrogens (tertiary/aromatic N) is 1. The van der Waals surface area contributed by atoms with Gasteiger partial charge in [-0.05, 0) is 30.3 Å². The summed E-state index contributed by atoms with van der Waals surface area (Å²) in [5, 5.41) is 2.51. The van der Waals surface area contributed by atoms with Gasteiger partial charge in [0.1, 0.15) is 11.6 Å². The molecule has 0 saturated carbocycles. The molecule has 1 aromatic heterocycles. The van der Waals surface area contributed by atoms with Crippen LogP contribution >= 0.6 is 0 Å². The lowest BCUT2D eigenvalue weighted by Crippen LogP contribution is -2.09. The second-order valence-electron chi connectivity index (χ2n) is 3.53. The van der Waals surface area contributed by atoms with Gasteiger partial charge >= 0.3 is 6.18 Å². The van der Waals surface area contributed by atoms with E-state index in [1.54, 1.807) is 12.1 Å². The minimum absolute atomic E-state index is 0.234. The Morgan fingerprint density at radius 1 is 1.06 bits per heavy atom. The second kappa shape index (κ2) is 4.64. The average Bonchev–Trinajstić information content (AvgIpc) is 2.31. The van der Waals surface area contributed by atoms with Crippen molar-refractivity contribution < 1.29 is 17.6 Å². The van der Waals surface area contributed by atoms with Crippen molar-refractivity contribution in [3.63, 3.8) is 0 Å². The van der Waals surface area contributed by atoms with Crippen LogP contribution in [0.2, 0.25) is 0 Å². The molecule has 0 unspecified atom stereocenters. The van der Waals surface area contributed by atoms with E-state index in [-0.39, 0.29) is 11.5 Å². The molecule has 0 radical (unpaired) electrons. The van der Waals surface area contributed by atoms with Gasteiger partial charge in [-0.3, -0.25) is 0 Å². The molecule has 2 rings (SSSR count). The van der Waals surface area contributed by atoms with E-state index >= 15 is 0 Å². The monoisotopic (exact) mass is 256 g/mol. The van der Waals surface area contributed by atoms with Crippen molar-refractivity contribution in [1.82, 2.24) is 4.98 Å². The zero-order valence-electron chi connectivity index (χ0n) is 9.00. The summed E-state index contributed by atoms with van der Waals surface area (Å²) in [5.41, 5.74) is -1.30. The maximum Gasteiger partial charge on any atom is 0.418 e. The molecule has 0 atom stereocenters. The van der Waals surface area contributed by atoms with Crippen LogP contribution in [0.5, 0.6) is 0 Å². The molecular weight excluding hydrogens is 248 g/mol. The second-order valence-corrected chi connectivity index (χ2v) is 3.53. The number of aromatic nitrogens is 1. The van der Waals surface area contributed by atoms with E-state index < -0.39 is 17.6 Å². The van der Waals surface area contributed by atoms with Crippen molar-refractivity contribution in [2.45, 2.75) is 6.18 Å². The summed E-state index contributed by atoms with van der Waals surface area (Å²) in [7, 11) is 0. The zero-order chi connectivity index (χ0) is 13.2. The maximum atomic E-state index is 12.9. The molecule has 18 heavy (non-hydrogen) atoms. The number of anilines is 2. The van der Waals surface area contributed by atoms with Gasteiger partial charge in [-0.15, -0.1) is 0 Å². The van der Waals surface area contributed by atoms with E-state index in [1.807, 2.05) is 0 Å². The van der Waals surface area contributed by atoms with Gasteiger partial charge in [0, 0.05) is 6.20 Å². The van der Waals surface area contributed by atoms with E-state index in [9.17, 15) is 17.6 Å². The normalized spacial score (nSPS) is 11.3. The van der Waals surface area contributed by atoms with Crippen LogP contribution in [0.3, 0.4) is 0 Å². The summed E-state index contributed by atoms with van der Waals surface area (Å²) in [6.07, 6.45) is -3.18. The lowest BCUT2D eigenvalue weighted by molar-refractivity contribution is -0.137. The highest BCUT2D eigenvalue weighted by Crippen LogP contribution is 2.36. The van der Waals surface area contributed by atoms with Gasteiger partial charge in [0.05, 0.1) is 11.3 Å². The predicted octanol–water partition coefficient (Wildman–Crippen LogP) is 3.98. The Labute approximate surface area is 100 Å². The lowest BCUT2D eigenvalue weighted by Gasteiger charge is -2.14. The standard InChI is InChI=1S/C12H8F4N2/c13-8-4-5-10(9(7-8)12(14,15)16)18-11-3-1-2-6-17-11/h1-7H,(H,17,18). The van der Waals surface area contributed by atoms with E-state index in [0.717, 1.165) is 12.1 Å². The quantitative estimate of drug-likeness (QED) is 0.822. The lowest BCUT2D eigenvalue weighted by atomic mass is 10.1. The van der Waals surface area contributed by atoms with Gasteiger partial charge in [-0.1, -0.05) is 6.07 Å². The SMILES string of the molecule is Fc1ccc(Nc2ccccn2)c(C(F)(F)F)c1. The summed E-state index contributed by atoms with van der Waals surface area (Å²) in [4.78, 5) is 3.85. The fourth-order valence-electron chi connectivity index (χ4n) is 1.43. The number of hydrogen-bond acceptors (Lipinski definition) is 2. The van der Waals surface area contributed by atoms with E-state index in [4.69, 9.17) is 0 Å². The molecule has 2 aromatic rings. The topological polar surface area (TPSA) is 24.9 Å². The smallest absolute Gasteiger partial charge is 0.340 e. The summed E-state index contributed by atoms with van der Waals surface area (Å²) in [5.74, 6) is -0.677. The van der Waals surface area contributed by atoms with Crippen molar-refractivity contribution in [3.8, 4) is 0 Å². The third kappa shape index (κ3) is 2.77. The number of rotatable bonds is 2. The Bertz CT molecular complexity index is 538. The highest BCUT2D eigenvalue weighted by Gasteiger charge is 2.34. The highest BCUT2D eigenvalue weighted by molar-refractivity contribution is 5.61. The molecule has 0 aliphatic rings. The van der Waals surface area contributed by atoms with Gasteiger partial charge < -0.3 is 5.32 Å². The first-order chi connectivity index (χ1) is 8.47. The maximum absolute atomic E-state index is 12.9. The molecule has 0 aliphatic heterocycles. The third-order valence-corrected chi connectivity index (χ3v) is 2.21. The van der Waals surface area contributed by atoms with Crippen molar-refractivity contribution in [1.29, 1.82) is 0 Å². The first-order valence-corrected chi connectivity index (χ1v) is 5.01. The molecule has 0 fully saturated rings. The Hall–Kier alpha value is -2.11. The highest BCUT2D eigenvalue weighted by atomic mass is 19.4. The summed E-state index contributed by atoms with van der Waals surface area (Å²) in [6.45, 7) is 0. The Morgan fingerprint density at radius 2 is 1.83 bits per heavy atom. The van der Waals surface area contributed by atoms with Crippen molar-refractivity contribution >= 4 is 11.5 Å². The average molecular weight is 256 g/mol. The largest absolute Gasteiger partial charge is 0.418 e. The Morgan fingerprint density at radius 3 is 2.44 bits per heavy atom. The number of nitrogens with one attached hydrogen (secondary N) is 1. The third-order valence-electron chi connectivity index (χ3n) is 2.21. The van der Waals surface area contributed by atoms with Crippen molar-refractivity contribution in [3.05, 3.63) is 54.0 Å². The molecule has 0 spiro atoms. The van der Waals surface area contributed by atoms with E-state index in [0.29, 0.717) is 6.07 Å². The molecule has 1 heterocycles. The minimum atomic E-state index is -4.63. The minimum Gasteiger partial charge on any atom is -0.340 e. The molecule has 2 nitrogen and oxygen atoms in total. The summed E-state index contributed by atoms with van der Waals surface area (Å²) in [6, 6.07) is 7.23. The van der Waals surface area contributed by atoms with Gasteiger partial charge in [-0.2, -0.15) is 13.2 Å². The number of hydrogen-bond donors (Lipinski definition) is 1. The first-order valence-electron chi connectivity index (χ1n) is 5.01. The van der Waals surface area contributed by atoms with E-state index in [1.165, 1.54) is 12.3 Å². The van der Waals surface area contributed by atoms with Gasteiger partial charge in [0.15, 0.2) is 0 Å². The zero-order valence-corrected chi connectivity index (χ0v) is 9.00. The van der Waals surface area contributed by atoms with Crippen LogP contribution < -0.4 is 5.32 Å². The van der Waals surface area contributed by atoms with Crippen LogP contribution in [-0.2, 0) is 6.18 Å². The fourth-order valence-corrected chi connectivity index (χ4v) is 1.43. The van der Waals surface area contributed by atoms with Crippen molar-refractivity contribution in [2.75, 3.05) is 5.32 Å².